The van der Waals surface area contributed by atoms with E-state index in [1.165, 1.54) is 0 Å². The summed E-state index contributed by atoms with van der Waals surface area (Å²) in [6, 6.07) is 2.01. The number of pyridine rings is 1. The largest absolute Gasteiger partial charge is 0.312 e. The maximum absolute atomic E-state index is 4.62. The second-order valence-corrected chi connectivity index (χ2v) is 5.59. The molecule has 2 aromatic rings. The highest BCUT2D eigenvalue weighted by molar-refractivity contribution is 5.38. The zero-order valence-corrected chi connectivity index (χ0v) is 13.4. The van der Waals surface area contributed by atoms with Crippen LogP contribution in [0, 0.1) is 5.92 Å². The number of nitrogens with one attached hydrogen (secondary N) is 1. The average molecular weight is 287 g/mol. The van der Waals surface area contributed by atoms with Gasteiger partial charge in [0.1, 0.15) is 5.82 Å². The minimum atomic E-state index is 0.634. The molecular formula is C16H25N5. The molecule has 0 radical (unpaired) electrons. The van der Waals surface area contributed by atoms with Gasteiger partial charge in [0.25, 0.3) is 0 Å². The van der Waals surface area contributed by atoms with Crippen LogP contribution >= 0.6 is 0 Å². The van der Waals surface area contributed by atoms with Crippen LogP contribution in [0.5, 0.6) is 0 Å². The van der Waals surface area contributed by atoms with Crippen molar-refractivity contribution in [1.82, 2.24) is 25.1 Å². The molecule has 0 saturated carbocycles. The Bertz CT molecular complexity index is 574. The van der Waals surface area contributed by atoms with Crippen LogP contribution in [0.15, 0.2) is 18.5 Å². The first-order valence-corrected chi connectivity index (χ1v) is 7.74. The minimum Gasteiger partial charge on any atom is -0.312 e. The van der Waals surface area contributed by atoms with Crippen LogP contribution in [-0.2, 0) is 19.4 Å². The Hall–Kier alpha value is -1.75. The standard InChI is InChI=1S/C16H25N5/c1-5-15-19-16(6-2)21(20-15)14-7-8-17-10-13(14)11-18-9-12(3)4/h7-8,10,12,18H,5-6,9,11H2,1-4H3. The van der Waals surface area contributed by atoms with Crippen LogP contribution in [0.2, 0.25) is 0 Å². The molecule has 0 fully saturated rings. The lowest BCUT2D eigenvalue weighted by molar-refractivity contribution is 0.550. The highest BCUT2D eigenvalue weighted by atomic mass is 15.4. The fourth-order valence-electron chi connectivity index (χ4n) is 2.22. The number of aryl methyl sites for hydroxylation is 2. The molecule has 0 atom stereocenters. The number of hydrogen-bond donors (Lipinski definition) is 1. The van der Waals surface area contributed by atoms with Crippen molar-refractivity contribution in [3.63, 3.8) is 0 Å². The van der Waals surface area contributed by atoms with Crippen LogP contribution < -0.4 is 5.32 Å². The first-order chi connectivity index (χ1) is 10.2. The van der Waals surface area contributed by atoms with Crippen molar-refractivity contribution in [1.29, 1.82) is 0 Å². The molecule has 0 aliphatic rings. The predicted molar refractivity (Wildman–Crippen MR) is 84.5 cm³/mol. The Kier molecular flexibility index (Phi) is 5.44. The lowest BCUT2D eigenvalue weighted by Crippen LogP contribution is -2.20. The normalized spacial score (nSPS) is 11.3. The van der Waals surface area contributed by atoms with Gasteiger partial charge in [0.2, 0.25) is 0 Å². The molecule has 5 nitrogen and oxygen atoms in total. The zero-order valence-electron chi connectivity index (χ0n) is 13.4. The molecular weight excluding hydrogens is 262 g/mol. The maximum Gasteiger partial charge on any atom is 0.151 e. The van der Waals surface area contributed by atoms with Gasteiger partial charge in [-0.15, -0.1) is 0 Å². The lowest BCUT2D eigenvalue weighted by atomic mass is 10.2. The van der Waals surface area contributed by atoms with E-state index in [1.807, 2.05) is 23.1 Å². The van der Waals surface area contributed by atoms with E-state index in [2.05, 4.69) is 48.1 Å². The summed E-state index contributed by atoms with van der Waals surface area (Å²) >= 11 is 0. The van der Waals surface area contributed by atoms with Crippen LogP contribution in [0.4, 0.5) is 0 Å². The molecule has 2 heterocycles. The van der Waals surface area contributed by atoms with Crippen molar-refractivity contribution in [2.24, 2.45) is 5.92 Å². The highest BCUT2D eigenvalue weighted by Crippen LogP contribution is 2.15. The van der Waals surface area contributed by atoms with E-state index in [9.17, 15) is 0 Å². The van der Waals surface area contributed by atoms with E-state index >= 15 is 0 Å². The Labute approximate surface area is 126 Å². The summed E-state index contributed by atoms with van der Waals surface area (Å²) in [7, 11) is 0. The van der Waals surface area contributed by atoms with Crippen LogP contribution in [0.25, 0.3) is 5.69 Å². The van der Waals surface area contributed by atoms with Gasteiger partial charge in [-0.1, -0.05) is 27.7 Å². The molecule has 0 saturated heterocycles. The van der Waals surface area contributed by atoms with Crippen molar-refractivity contribution in [2.45, 2.75) is 47.1 Å². The molecule has 5 heteroatoms. The molecule has 2 aromatic heterocycles. The van der Waals surface area contributed by atoms with Gasteiger partial charge < -0.3 is 5.32 Å². The molecule has 0 aliphatic heterocycles. The Morgan fingerprint density at radius 1 is 1.24 bits per heavy atom. The number of nitrogens with zero attached hydrogens (tertiary/aromatic N) is 4. The van der Waals surface area contributed by atoms with Crippen LogP contribution in [0.3, 0.4) is 0 Å². The summed E-state index contributed by atoms with van der Waals surface area (Å²) in [6.07, 6.45) is 5.45. The van der Waals surface area contributed by atoms with Crippen LogP contribution in [0.1, 0.15) is 44.9 Å². The molecule has 1 N–H and O–H groups in total. The second-order valence-electron chi connectivity index (χ2n) is 5.59. The summed E-state index contributed by atoms with van der Waals surface area (Å²) < 4.78 is 1.97. The molecule has 2 rings (SSSR count). The van der Waals surface area contributed by atoms with Gasteiger partial charge in [0.15, 0.2) is 5.82 Å². The quantitative estimate of drug-likeness (QED) is 0.850. The first kappa shape index (κ1) is 15.6. The monoisotopic (exact) mass is 287 g/mol. The number of hydrogen-bond acceptors (Lipinski definition) is 4. The van der Waals surface area contributed by atoms with Crippen molar-refractivity contribution in [3.8, 4) is 5.69 Å². The van der Waals surface area contributed by atoms with E-state index < -0.39 is 0 Å². The summed E-state index contributed by atoms with van der Waals surface area (Å²) in [5.74, 6) is 2.53. The smallest absolute Gasteiger partial charge is 0.151 e. The lowest BCUT2D eigenvalue weighted by Gasteiger charge is -2.12. The van der Waals surface area contributed by atoms with E-state index in [0.29, 0.717) is 5.92 Å². The Balaban J connectivity index is 2.28. The van der Waals surface area contributed by atoms with Gasteiger partial charge in [-0.3, -0.25) is 4.98 Å². The topological polar surface area (TPSA) is 55.6 Å². The van der Waals surface area contributed by atoms with Gasteiger partial charge >= 0.3 is 0 Å². The molecule has 0 amide bonds. The Morgan fingerprint density at radius 2 is 2.05 bits per heavy atom. The fraction of sp³-hybridized carbons (Fsp3) is 0.562. The van der Waals surface area contributed by atoms with E-state index in [4.69, 9.17) is 0 Å². The second kappa shape index (κ2) is 7.31. The molecule has 0 aliphatic carbocycles. The van der Waals surface area contributed by atoms with Crippen molar-refractivity contribution in [2.75, 3.05) is 6.54 Å². The van der Waals surface area contributed by atoms with Crippen molar-refractivity contribution >= 4 is 0 Å². The summed E-state index contributed by atoms with van der Waals surface area (Å²) in [5, 5.41) is 8.09. The third-order valence-electron chi connectivity index (χ3n) is 3.32. The molecule has 0 unspecified atom stereocenters. The fourth-order valence-corrected chi connectivity index (χ4v) is 2.22. The van der Waals surface area contributed by atoms with E-state index in [-0.39, 0.29) is 0 Å². The Morgan fingerprint density at radius 3 is 2.71 bits per heavy atom. The first-order valence-electron chi connectivity index (χ1n) is 7.74. The van der Waals surface area contributed by atoms with Gasteiger partial charge in [-0.05, 0) is 18.5 Å². The minimum absolute atomic E-state index is 0.634. The summed E-state index contributed by atoms with van der Waals surface area (Å²) in [4.78, 5) is 8.83. The van der Waals surface area contributed by atoms with Gasteiger partial charge in [-0.2, -0.15) is 5.10 Å². The third-order valence-corrected chi connectivity index (χ3v) is 3.32. The van der Waals surface area contributed by atoms with Gasteiger partial charge in [0, 0.05) is 37.3 Å². The predicted octanol–water partition coefficient (Wildman–Crippen LogP) is 2.53. The third kappa shape index (κ3) is 3.88. The average Bonchev–Trinajstić information content (AvgIpc) is 2.90. The zero-order chi connectivity index (χ0) is 15.2. The van der Waals surface area contributed by atoms with E-state index in [1.54, 1.807) is 0 Å². The SMILES string of the molecule is CCc1nc(CC)n(-c2ccncc2CNCC(C)C)n1. The molecule has 0 aromatic carbocycles. The van der Waals surface area contributed by atoms with Gasteiger partial charge in [-0.25, -0.2) is 9.67 Å². The summed E-state index contributed by atoms with van der Waals surface area (Å²) in [5.41, 5.74) is 2.23. The molecule has 21 heavy (non-hydrogen) atoms. The van der Waals surface area contributed by atoms with Gasteiger partial charge in [0.05, 0.1) is 5.69 Å². The van der Waals surface area contributed by atoms with Crippen molar-refractivity contribution < 1.29 is 0 Å². The number of rotatable bonds is 7. The van der Waals surface area contributed by atoms with E-state index in [0.717, 1.165) is 48.8 Å². The molecule has 0 bridgehead atoms. The maximum atomic E-state index is 4.62. The van der Waals surface area contributed by atoms with Crippen molar-refractivity contribution in [3.05, 3.63) is 35.7 Å². The molecule has 0 spiro atoms. The highest BCUT2D eigenvalue weighted by Gasteiger charge is 2.12. The summed E-state index contributed by atoms with van der Waals surface area (Å²) in [6.45, 7) is 10.4. The number of aromatic nitrogens is 4. The van der Waals surface area contributed by atoms with Crippen LogP contribution in [-0.4, -0.2) is 26.3 Å². The molecule has 114 valence electrons.